The minimum atomic E-state index is -0.479. The first kappa shape index (κ1) is 16.5. The van der Waals surface area contributed by atoms with Gasteiger partial charge in [-0.3, -0.25) is 5.10 Å². The van der Waals surface area contributed by atoms with E-state index >= 15 is 0 Å². The highest BCUT2D eigenvalue weighted by atomic mass is 32.2. The van der Waals surface area contributed by atoms with Crippen molar-refractivity contribution >= 4 is 22.8 Å². The molecule has 0 bridgehead atoms. The summed E-state index contributed by atoms with van der Waals surface area (Å²) in [6, 6.07) is 9.89. The van der Waals surface area contributed by atoms with Crippen LogP contribution in [0.25, 0.3) is 28.1 Å². The molecule has 3 aromatic heterocycles. The molecule has 2 N–H and O–H groups in total. The van der Waals surface area contributed by atoms with Crippen molar-refractivity contribution in [1.82, 2.24) is 29.9 Å². The van der Waals surface area contributed by atoms with Gasteiger partial charge in [0.2, 0.25) is 0 Å². The lowest BCUT2D eigenvalue weighted by Crippen LogP contribution is -2.12. The third kappa shape index (κ3) is 3.00. The van der Waals surface area contributed by atoms with Gasteiger partial charge in [0, 0.05) is 28.0 Å². The number of thioether (sulfide) groups is 1. The van der Waals surface area contributed by atoms with Crippen LogP contribution in [0.15, 0.2) is 49.1 Å². The van der Waals surface area contributed by atoms with E-state index < -0.39 is 6.10 Å². The normalized spacial score (nSPS) is 18.2. The Morgan fingerprint density at radius 1 is 1.22 bits per heavy atom. The van der Waals surface area contributed by atoms with Crippen LogP contribution in [-0.4, -0.2) is 46.1 Å². The Morgan fingerprint density at radius 2 is 2.19 bits per heavy atom. The molecule has 1 aromatic carbocycles. The summed E-state index contributed by atoms with van der Waals surface area (Å²) in [4.78, 5) is 8.80. The largest absolute Gasteiger partial charge is 0.387 e. The molecule has 0 saturated carbocycles. The molecule has 4 aromatic rings. The van der Waals surface area contributed by atoms with E-state index in [1.165, 1.54) is 12.7 Å². The number of H-pyrrole nitrogens is 1. The lowest BCUT2D eigenvalue weighted by Gasteiger charge is -2.17. The van der Waals surface area contributed by atoms with Crippen LogP contribution in [0.3, 0.4) is 0 Å². The topological polar surface area (TPSA) is 92.5 Å². The first-order valence-corrected chi connectivity index (χ1v) is 9.94. The second kappa shape index (κ2) is 6.79. The number of nitrogens with one attached hydrogen (secondary N) is 1. The first-order chi connectivity index (χ1) is 13.3. The molecular weight excluding hydrogens is 360 g/mol. The molecule has 0 amide bonds. The van der Waals surface area contributed by atoms with E-state index in [1.807, 2.05) is 42.1 Å². The minimum absolute atomic E-state index is 0.262. The summed E-state index contributed by atoms with van der Waals surface area (Å²) >= 11 is 1.84. The van der Waals surface area contributed by atoms with Gasteiger partial charge in [0.1, 0.15) is 6.33 Å². The maximum Gasteiger partial charge on any atom is 0.162 e. The standard InChI is InChI=1S/C19H18N6OS/c26-17(16-5-2-6-27-16)13-7-14-10-23-25(19(14)20-9-13)15-4-1-3-12(8-15)18-21-11-22-24-18/h1,3-4,7-11,16-17,26H,2,5-6H2,(H,21,22,24)/t16-,17+/m1/s1. The monoisotopic (exact) mass is 378 g/mol. The zero-order valence-corrected chi connectivity index (χ0v) is 15.3. The van der Waals surface area contributed by atoms with Crippen molar-refractivity contribution in [3.05, 3.63) is 54.6 Å². The number of fused-ring (bicyclic) bond motifs is 1. The molecular formula is C19H18N6OS. The molecule has 1 saturated heterocycles. The quantitative estimate of drug-likeness (QED) is 0.567. The average Bonchev–Trinajstić information content (AvgIpc) is 3.48. The number of benzene rings is 1. The van der Waals surface area contributed by atoms with Gasteiger partial charge in [-0.25, -0.2) is 14.6 Å². The van der Waals surface area contributed by atoms with Crippen molar-refractivity contribution in [2.75, 3.05) is 5.75 Å². The van der Waals surface area contributed by atoms with Gasteiger partial charge in [0.05, 0.1) is 18.0 Å². The molecule has 4 heterocycles. The molecule has 0 aliphatic carbocycles. The molecule has 2 atom stereocenters. The van der Waals surface area contributed by atoms with Gasteiger partial charge in [0.25, 0.3) is 0 Å². The summed E-state index contributed by atoms with van der Waals surface area (Å²) in [5.41, 5.74) is 3.45. The van der Waals surface area contributed by atoms with E-state index in [0.29, 0.717) is 5.82 Å². The van der Waals surface area contributed by atoms with E-state index in [4.69, 9.17) is 0 Å². The Morgan fingerprint density at radius 3 is 3.00 bits per heavy atom. The van der Waals surface area contributed by atoms with Crippen LogP contribution >= 0.6 is 11.8 Å². The average molecular weight is 378 g/mol. The van der Waals surface area contributed by atoms with Crippen LogP contribution in [0.1, 0.15) is 24.5 Å². The second-order valence-corrected chi connectivity index (χ2v) is 7.97. The molecule has 7 nitrogen and oxygen atoms in total. The van der Waals surface area contributed by atoms with E-state index in [9.17, 15) is 5.11 Å². The summed E-state index contributed by atoms with van der Waals surface area (Å²) < 4.78 is 1.80. The summed E-state index contributed by atoms with van der Waals surface area (Å²) in [5.74, 6) is 1.83. The molecule has 1 aliphatic heterocycles. The molecule has 136 valence electrons. The maximum absolute atomic E-state index is 10.6. The fourth-order valence-electron chi connectivity index (χ4n) is 3.48. The van der Waals surface area contributed by atoms with Crippen molar-refractivity contribution in [3.63, 3.8) is 0 Å². The van der Waals surface area contributed by atoms with E-state index in [1.54, 1.807) is 17.1 Å². The minimum Gasteiger partial charge on any atom is -0.387 e. The molecule has 5 rings (SSSR count). The summed E-state index contributed by atoms with van der Waals surface area (Å²) in [6.07, 6.45) is 6.79. The van der Waals surface area contributed by atoms with Crippen molar-refractivity contribution in [1.29, 1.82) is 0 Å². The molecule has 0 radical (unpaired) electrons. The summed E-state index contributed by atoms with van der Waals surface area (Å²) in [7, 11) is 0. The highest BCUT2D eigenvalue weighted by Gasteiger charge is 2.25. The number of nitrogens with zero attached hydrogens (tertiary/aromatic N) is 5. The fourth-order valence-corrected chi connectivity index (χ4v) is 4.79. The zero-order valence-electron chi connectivity index (χ0n) is 14.5. The zero-order chi connectivity index (χ0) is 18.2. The molecule has 0 spiro atoms. The molecule has 8 heteroatoms. The van der Waals surface area contributed by atoms with Crippen molar-refractivity contribution in [2.24, 2.45) is 0 Å². The lowest BCUT2D eigenvalue weighted by atomic mass is 10.0. The predicted molar refractivity (Wildman–Crippen MR) is 105 cm³/mol. The number of hydrogen-bond acceptors (Lipinski definition) is 6. The Labute approximate surface area is 159 Å². The van der Waals surface area contributed by atoms with Crippen molar-refractivity contribution in [2.45, 2.75) is 24.2 Å². The summed E-state index contributed by atoms with van der Waals surface area (Å²) in [5, 5.41) is 23.1. The third-order valence-corrected chi connectivity index (χ3v) is 6.31. The van der Waals surface area contributed by atoms with E-state index in [0.717, 1.165) is 40.0 Å². The maximum atomic E-state index is 10.6. The van der Waals surface area contributed by atoms with Gasteiger partial charge >= 0.3 is 0 Å². The predicted octanol–water partition coefficient (Wildman–Crippen LogP) is 3.13. The van der Waals surface area contributed by atoms with Crippen LogP contribution in [0, 0.1) is 0 Å². The molecule has 1 aliphatic rings. The van der Waals surface area contributed by atoms with E-state index in [2.05, 4.69) is 25.3 Å². The van der Waals surface area contributed by atoms with Crippen molar-refractivity contribution in [3.8, 4) is 17.1 Å². The Hall–Kier alpha value is -2.71. The third-order valence-electron chi connectivity index (χ3n) is 4.87. The van der Waals surface area contributed by atoms with Crippen LogP contribution < -0.4 is 0 Å². The Balaban J connectivity index is 1.51. The number of aliphatic hydroxyl groups excluding tert-OH is 1. The smallest absolute Gasteiger partial charge is 0.162 e. The Kier molecular flexibility index (Phi) is 4.14. The molecule has 27 heavy (non-hydrogen) atoms. The second-order valence-electron chi connectivity index (χ2n) is 6.62. The number of pyridine rings is 1. The van der Waals surface area contributed by atoms with Gasteiger partial charge in [-0.05, 0) is 36.8 Å². The number of rotatable bonds is 4. The Bertz CT molecular complexity index is 1070. The van der Waals surface area contributed by atoms with Crippen LogP contribution in [0.2, 0.25) is 0 Å². The number of aromatic nitrogens is 6. The number of aromatic amines is 1. The van der Waals surface area contributed by atoms with Gasteiger partial charge in [-0.2, -0.15) is 22.0 Å². The number of aliphatic hydroxyl groups is 1. The lowest BCUT2D eigenvalue weighted by molar-refractivity contribution is 0.173. The SMILES string of the molecule is O[C@@H](c1cnc2c(cnn2-c2cccc(-c3ncn[nH]3)c2)c1)[C@H]1CCCS1. The van der Waals surface area contributed by atoms with Crippen LogP contribution in [-0.2, 0) is 0 Å². The highest BCUT2D eigenvalue weighted by molar-refractivity contribution is 8.00. The van der Waals surface area contributed by atoms with Gasteiger partial charge in [-0.1, -0.05) is 12.1 Å². The summed E-state index contributed by atoms with van der Waals surface area (Å²) in [6.45, 7) is 0. The number of hydrogen-bond donors (Lipinski definition) is 2. The van der Waals surface area contributed by atoms with Gasteiger partial charge in [0.15, 0.2) is 11.5 Å². The van der Waals surface area contributed by atoms with Gasteiger partial charge in [-0.15, -0.1) is 0 Å². The van der Waals surface area contributed by atoms with Crippen LogP contribution in [0.4, 0.5) is 0 Å². The first-order valence-electron chi connectivity index (χ1n) is 8.89. The fraction of sp³-hybridized carbons (Fsp3) is 0.263. The molecule has 1 fully saturated rings. The highest BCUT2D eigenvalue weighted by Crippen LogP contribution is 2.36. The van der Waals surface area contributed by atoms with Crippen molar-refractivity contribution < 1.29 is 5.11 Å². The van der Waals surface area contributed by atoms with Crippen LogP contribution in [0.5, 0.6) is 0 Å². The molecule has 0 unspecified atom stereocenters. The van der Waals surface area contributed by atoms with Gasteiger partial charge < -0.3 is 5.11 Å². The van der Waals surface area contributed by atoms with E-state index in [-0.39, 0.29) is 5.25 Å².